The third-order valence-corrected chi connectivity index (χ3v) is 6.17. The predicted molar refractivity (Wildman–Crippen MR) is 48.4 cm³/mol. The van der Waals surface area contributed by atoms with Crippen LogP contribution in [0.25, 0.3) is 0 Å². The van der Waals surface area contributed by atoms with Crippen molar-refractivity contribution in [3.63, 3.8) is 0 Å². The van der Waals surface area contributed by atoms with Crippen molar-refractivity contribution in [1.29, 1.82) is 0 Å². The van der Waals surface area contributed by atoms with E-state index in [-0.39, 0.29) is 5.60 Å². The maximum atomic E-state index is 14.9. The van der Waals surface area contributed by atoms with Crippen LogP contribution in [0.4, 0.5) is 4.39 Å². The first-order valence-electron chi connectivity index (χ1n) is 5.98. The predicted octanol–water partition coefficient (Wildman–Crippen LogP) is 2.02. The van der Waals surface area contributed by atoms with E-state index in [0.29, 0.717) is 35.5 Å². The molecule has 0 saturated heterocycles. The molecule has 6 unspecified atom stereocenters. The summed E-state index contributed by atoms with van der Waals surface area (Å²) >= 11 is 0. The summed E-state index contributed by atoms with van der Waals surface area (Å²) in [5.74, 6) is 3.00. The average molecular weight is 194 g/mol. The van der Waals surface area contributed by atoms with Crippen molar-refractivity contribution in [2.24, 2.45) is 35.5 Å². The summed E-state index contributed by atoms with van der Waals surface area (Å²) in [5.41, 5.74) is -0.561. The Balaban J connectivity index is 1.77. The molecule has 1 nitrogen and oxygen atoms in total. The molecule has 6 aliphatic rings. The van der Waals surface area contributed by atoms with Crippen LogP contribution in [0.15, 0.2) is 0 Å². The highest BCUT2D eigenvalue weighted by atomic mass is 19.1. The summed E-state index contributed by atoms with van der Waals surface area (Å²) in [6, 6.07) is 0. The molecule has 0 spiro atoms. The summed E-state index contributed by atoms with van der Waals surface area (Å²) in [4.78, 5) is 0. The lowest BCUT2D eigenvalue weighted by molar-refractivity contribution is -0.150. The zero-order chi connectivity index (χ0) is 9.29. The number of halogens is 1. The number of rotatable bonds is 1. The Morgan fingerprint density at radius 2 is 1.36 bits per heavy atom. The van der Waals surface area contributed by atoms with Crippen LogP contribution in [-0.4, -0.2) is 18.4 Å². The average Bonchev–Trinajstić information content (AvgIpc) is 2.97. The molecule has 0 radical (unpaired) electrons. The van der Waals surface area contributed by atoms with Crippen LogP contribution in [0, 0.1) is 35.5 Å². The fourth-order valence-corrected chi connectivity index (χ4v) is 5.65. The molecule has 0 heterocycles. The Morgan fingerprint density at radius 1 is 0.929 bits per heavy atom. The van der Waals surface area contributed by atoms with Crippen molar-refractivity contribution < 1.29 is 9.13 Å². The molecule has 6 rings (SSSR count). The van der Waals surface area contributed by atoms with E-state index in [1.165, 1.54) is 0 Å². The minimum absolute atomic E-state index is 0.161. The zero-order valence-corrected chi connectivity index (χ0v) is 8.37. The van der Waals surface area contributed by atoms with Gasteiger partial charge in [0, 0.05) is 7.11 Å². The van der Waals surface area contributed by atoms with Gasteiger partial charge in [0.1, 0.15) is 5.67 Å². The topological polar surface area (TPSA) is 9.23 Å². The third-order valence-electron chi connectivity index (χ3n) is 6.17. The molecule has 0 aromatic rings. The molecule has 2 bridgehead atoms. The summed E-state index contributed by atoms with van der Waals surface area (Å²) in [6.45, 7) is 0. The van der Waals surface area contributed by atoms with Gasteiger partial charge in [-0.25, -0.2) is 4.39 Å². The standard InChI is InChI=1S/C12H15FO/c1-14-12-8-2-5(8)11(13,6-3-9(6)12)7-4-10(7)12/h5-10H,2-4H2,1H3. The van der Waals surface area contributed by atoms with Crippen LogP contribution in [0.5, 0.6) is 0 Å². The molecule has 76 valence electrons. The molecule has 6 fully saturated rings. The zero-order valence-electron chi connectivity index (χ0n) is 8.37. The van der Waals surface area contributed by atoms with E-state index < -0.39 is 5.67 Å². The van der Waals surface area contributed by atoms with Gasteiger partial charge in [-0.15, -0.1) is 0 Å². The quantitative estimate of drug-likeness (QED) is 0.620. The van der Waals surface area contributed by atoms with Gasteiger partial charge in [0.05, 0.1) is 5.60 Å². The molecule has 0 aromatic carbocycles. The molecule has 0 N–H and O–H groups in total. The molecule has 14 heavy (non-hydrogen) atoms. The summed E-state index contributed by atoms with van der Waals surface area (Å²) in [6.07, 6.45) is 3.39. The van der Waals surface area contributed by atoms with Gasteiger partial charge in [0.25, 0.3) is 0 Å². The van der Waals surface area contributed by atoms with Gasteiger partial charge in [-0.3, -0.25) is 0 Å². The van der Waals surface area contributed by atoms with E-state index in [2.05, 4.69) is 0 Å². The maximum Gasteiger partial charge on any atom is 0.120 e. The largest absolute Gasteiger partial charge is 0.377 e. The Hall–Kier alpha value is -0.110. The van der Waals surface area contributed by atoms with Gasteiger partial charge >= 0.3 is 0 Å². The van der Waals surface area contributed by atoms with Gasteiger partial charge in [-0.05, 0) is 54.8 Å². The second kappa shape index (κ2) is 1.59. The van der Waals surface area contributed by atoms with E-state index in [9.17, 15) is 4.39 Å². The number of hydrogen-bond acceptors (Lipinski definition) is 1. The molecule has 6 atom stereocenters. The SMILES string of the molecule is COC12C3CC3C(F)(C3CC31)C1CC12. The molecular weight excluding hydrogens is 179 g/mol. The summed E-state index contributed by atoms with van der Waals surface area (Å²) in [7, 11) is 1.87. The fraction of sp³-hybridized carbons (Fsp3) is 1.00. The maximum absolute atomic E-state index is 14.9. The van der Waals surface area contributed by atoms with Crippen molar-refractivity contribution in [1.82, 2.24) is 0 Å². The second-order valence-corrected chi connectivity index (χ2v) is 6.23. The van der Waals surface area contributed by atoms with Crippen LogP contribution >= 0.6 is 0 Å². The first-order chi connectivity index (χ1) is 6.74. The number of hydrogen-bond donors (Lipinski definition) is 0. The Morgan fingerprint density at radius 3 is 1.71 bits per heavy atom. The van der Waals surface area contributed by atoms with Crippen LogP contribution < -0.4 is 0 Å². The highest BCUT2D eigenvalue weighted by molar-refractivity contribution is 5.39. The second-order valence-electron chi connectivity index (χ2n) is 6.23. The number of ether oxygens (including phenoxy) is 1. The lowest BCUT2D eigenvalue weighted by Crippen LogP contribution is -2.55. The van der Waals surface area contributed by atoms with Crippen molar-refractivity contribution in [3.8, 4) is 0 Å². The monoisotopic (exact) mass is 194 g/mol. The fourth-order valence-electron chi connectivity index (χ4n) is 5.65. The first-order valence-corrected chi connectivity index (χ1v) is 5.98. The minimum Gasteiger partial charge on any atom is -0.377 e. The van der Waals surface area contributed by atoms with E-state index in [1.54, 1.807) is 0 Å². The molecule has 0 aliphatic heterocycles. The van der Waals surface area contributed by atoms with E-state index in [0.717, 1.165) is 19.3 Å². The van der Waals surface area contributed by atoms with Gasteiger partial charge in [-0.1, -0.05) is 0 Å². The lowest BCUT2D eigenvalue weighted by atomic mass is 9.66. The Labute approximate surface area is 83.0 Å². The molecular formula is C12H15FO. The number of alkyl halides is 1. The number of methoxy groups -OCH3 is 1. The third kappa shape index (κ3) is 0.436. The van der Waals surface area contributed by atoms with E-state index in [1.807, 2.05) is 7.11 Å². The van der Waals surface area contributed by atoms with Crippen LogP contribution in [0.3, 0.4) is 0 Å². The summed E-state index contributed by atoms with van der Waals surface area (Å²) < 4.78 is 20.8. The summed E-state index contributed by atoms with van der Waals surface area (Å²) in [5, 5.41) is 0. The van der Waals surface area contributed by atoms with Crippen LogP contribution in [0.1, 0.15) is 19.3 Å². The molecule has 2 heteroatoms. The minimum atomic E-state index is -0.722. The Bertz CT molecular complexity index is 304. The van der Waals surface area contributed by atoms with Crippen molar-refractivity contribution in [2.75, 3.05) is 7.11 Å². The van der Waals surface area contributed by atoms with E-state index >= 15 is 0 Å². The molecule has 6 aliphatic carbocycles. The lowest BCUT2D eigenvalue weighted by Gasteiger charge is -2.47. The molecule has 6 saturated carbocycles. The van der Waals surface area contributed by atoms with Gasteiger partial charge in [-0.2, -0.15) is 0 Å². The smallest absolute Gasteiger partial charge is 0.120 e. The van der Waals surface area contributed by atoms with E-state index in [4.69, 9.17) is 4.74 Å². The van der Waals surface area contributed by atoms with Gasteiger partial charge < -0.3 is 4.74 Å². The van der Waals surface area contributed by atoms with Crippen molar-refractivity contribution in [3.05, 3.63) is 0 Å². The Kier molecular flexibility index (Phi) is 0.817. The molecule has 0 aromatic heterocycles. The van der Waals surface area contributed by atoms with Crippen LogP contribution in [0.2, 0.25) is 0 Å². The van der Waals surface area contributed by atoms with Crippen molar-refractivity contribution in [2.45, 2.75) is 30.5 Å². The van der Waals surface area contributed by atoms with Gasteiger partial charge in [0.15, 0.2) is 0 Å². The highest BCUT2D eigenvalue weighted by Crippen LogP contribution is 2.87. The highest BCUT2D eigenvalue weighted by Gasteiger charge is 2.90. The van der Waals surface area contributed by atoms with Gasteiger partial charge in [0.2, 0.25) is 0 Å². The normalized spacial score (nSPS) is 80.1. The first kappa shape index (κ1) is 7.21. The van der Waals surface area contributed by atoms with Crippen molar-refractivity contribution >= 4 is 0 Å². The molecule has 0 amide bonds. The van der Waals surface area contributed by atoms with Crippen LogP contribution in [-0.2, 0) is 4.74 Å².